The Morgan fingerprint density at radius 2 is 1.95 bits per heavy atom. The molecule has 1 aliphatic heterocycles. The van der Waals surface area contributed by atoms with Crippen LogP contribution in [0.2, 0.25) is 0 Å². The molecular formula is C17H31NO2. The number of nitriles is 1. The summed E-state index contributed by atoms with van der Waals surface area (Å²) < 4.78 is 9.98. The second-order valence-electron chi connectivity index (χ2n) is 4.44. The third kappa shape index (κ3) is 8.90. The van der Waals surface area contributed by atoms with Crippen LogP contribution in [0.25, 0.3) is 0 Å². The zero-order chi connectivity index (χ0) is 15.9. The van der Waals surface area contributed by atoms with E-state index in [0.29, 0.717) is 13.2 Å². The molecule has 0 amide bonds. The molecule has 1 heterocycles. The Kier molecular flexibility index (Phi) is 15.2. The van der Waals surface area contributed by atoms with Crippen molar-refractivity contribution >= 4 is 0 Å². The minimum absolute atomic E-state index is 0.293. The Morgan fingerprint density at radius 1 is 1.40 bits per heavy atom. The van der Waals surface area contributed by atoms with Gasteiger partial charge in [-0.15, -0.1) is 0 Å². The Morgan fingerprint density at radius 3 is 2.25 bits per heavy atom. The van der Waals surface area contributed by atoms with E-state index in [9.17, 15) is 0 Å². The molecule has 0 unspecified atom stereocenters. The SMILES string of the molecule is C/C=C\CCOC.C=C(C)C1(C#N)CCOCC1.CC. The second-order valence-corrected chi connectivity index (χ2v) is 4.44. The van der Waals surface area contributed by atoms with Crippen LogP contribution in [-0.4, -0.2) is 26.9 Å². The fraction of sp³-hybridized carbons (Fsp3) is 0.706. The average molecular weight is 281 g/mol. The van der Waals surface area contributed by atoms with Crippen molar-refractivity contribution in [3.05, 3.63) is 24.3 Å². The van der Waals surface area contributed by atoms with E-state index in [2.05, 4.69) is 18.7 Å². The molecule has 0 aromatic carbocycles. The predicted octanol–water partition coefficient (Wildman–Crippen LogP) is 4.51. The Balaban J connectivity index is 0. The van der Waals surface area contributed by atoms with Crippen molar-refractivity contribution in [2.45, 2.75) is 47.0 Å². The van der Waals surface area contributed by atoms with Gasteiger partial charge in [-0.1, -0.05) is 38.2 Å². The first-order chi connectivity index (χ1) is 9.63. The predicted molar refractivity (Wildman–Crippen MR) is 85.6 cm³/mol. The molecule has 3 heteroatoms. The molecule has 1 rings (SSSR count). The third-order valence-corrected chi connectivity index (χ3v) is 3.10. The average Bonchev–Trinajstić information content (AvgIpc) is 2.51. The lowest BCUT2D eigenvalue weighted by Gasteiger charge is -2.30. The van der Waals surface area contributed by atoms with Gasteiger partial charge in [-0.3, -0.25) is 0 Å². The minimum atomic E-state index is -0.293. The summed E-state index contributed by atoms with van der Waals surface area (Å²) in [5, 5.41) is 8.95. The summed E-state index contributed by atoms with van der Waals surface area (Å²) in [5.41, 5.74) is 0.682. The molecule has 0 spiro atoms. The van der Waals surface area contributed by atoms with Crippen LogP contribution in [0, 0.1) is 16.7 Å². The van der Waals surface area contributed by atoms with Crippen LogP contribution in [-0.2, 0) is 9.47 Å². The first-order valence-electron chi connectivity index (χ1n) is 7.38. The normalized spacial score (nSPS) is 16.2. The van der Waals surface area contributed by atoms with Gasteiger partial charge in [0.15, 0.2) is 0 Å². The molecule has 0 aliphatic carbocycles. The number of rotatable bonds is 4. The smallest absolute Gasteiger partial charge is 0.0821 e. The molecule has 0 radical (unpaired) electrons. The van der Waals surface area contributed by atoms with Crippen molar-refractivity contribution in [1.82, 2.24) is 0 Å². The summed E-state index contributed by atoms with van der Waals surface area (Å²) in [6, 6.07) is 2.34. The van der Waals surface area contributed by atoms with E-state index in [4.69, 9.17) is 14.7 Å². The van der Waals surface area contributed by atoms with Crippen LogP contribution in [0.1, 0.15) is 47.0 Å². The lowest BCUT2D eigenvalue weighted by Crippen LogP contribution is -2.28. The van der Waals surface area contributed by atoms with Crippen LogP contribution < -0.4 is 0 Å². The fourth-order valence-corrected chi connectivity index (χ4v) is 1.71. The maximum Gasteiger partial charge on any atom is 0.0821 e. The molecule has 0 saturated carbocycles. The van der Waals surface area contributed by atoms with Gasteiger partial charge >= 0.3 is 0 Å². The highest BCUT2D eigenvalue weighted by atomic mass is 16.5. The zero-order valence-corrected chi connectivity index (χ0v) is 13.9. The van der Waals surface area contributed by atoms with E-state index in [-0.39, 0.29) is 5.41 Å². The monoisotopic (exact) mass is 281 g/mol. The summed E-state index contributed by atoms with van der Waals surface area (Å²) in [5.74, 6) is 0. The number of hydrogen-bond donors (Lipinski definition) is 0. The molecular weight excluding hydrogens is 250 g/mol. The Hall–Kier alpha value is -1.11. The highest BCUT2D eigenvalue weighted by Crippen LogP contribution is 2.35. The number of hydrogen-bond acceptors (Lipinski definition) is 3. The first kappa shape index (κ1) is 21.2. The molecule has 3 nitrogen and oxygen atoms in total. The maximum absolute atomic E-state index is 8.95. The van der Waals surface area contributed by atoms with Gasteiger partial charge in [-0.25, -0.2) is 0 Å². The fourth-order valence-electron chi connectivity index (χ4n) is 1.71. The van der Waals surface area contributed by atoms with E-state index < -0.39 is 0 Å². The molecule has 0 N–H and O–H groups in total. The summed E-state index contributed by atoms with van der Waals surface area (Å²) >= 11 is 0. The first-order valence-corrected chi connectivity index (χ1v) is 7.38. The molecule has 1 fully saturated rings. The van der Waals surface area contributed by atoms with Gasteiger partial charge in [0.1, 0.15) is 0 Å². The largest absolute Gasteiger partial charge is 0.384 e. The van der Waals surface area contributed by atoms with Gasteiger partial charge in [-0.05, 0) is 33.1 Å². The van der Waals surface area contributed by atoms with E-state index in [0.717, 1.165) is 31.4 Å². The van der Waals surface area contributed by atoms with Gasteiger partial charge in [0.2, 0.25) is 0 Å². The van der Waals surface area contributed by atoms with Crippen molar-refractivity contribution in [2.75, 3.05) is 26.9 Å². The lowest BCUT2D eigenvalue weighted by atomic mass is 9.76. The molecule has 1 aliphatic rings. The van der Waals surface area contributed by atoms with Crippen molar-refractivity contribution in [3.8, 4) is 6.07 Å². The minimum Gasteiger partial charge on any atom is -0.384 e. The second kappa shape index (κ2) is 14.3. The third-order valence-electron chi connectivity index (χ3n) is 3.10. The summed E-state index contributed by atoms with van der Waals surface area (Å²) in [6.45, 7) is 14.0. The van der Waals surface area contributed by atoms with E-state index in [1.165, 1.54) is 0 Å². The van der Waals surface area contributed by atoms with E-state index in [1.807, 2.05) is 33.8 Å². The van der Waals surface area contributed by atoms with Crippen LogP contribution in [0.15, 0.2) is 24.3 Å². The van der Waals surface area contributed by atoms with Gasteiger partial charge in [0.25, 0.3) is 0 Å². The molecule has 1 saturated heterocycles. The Bertz CT molecular complexity index is 297. The molecule has 0 aromatic heterocycles. The van der Waals surface area contributed by atoms with E-state index >= 15 is 0 Å². The van der Waals surface area contributed by atoms with Crippen molar-refractivity contribution in [1.29, 1.82) is 5.26 Å². The van der Waals surface area contributed by atoms with Crippen LogP contribution >= 0.6 is 0 Å². The van der Waals surface area contributed by atoms with Crippen LogP contribution in [0.3, 0.4) is 0 Å². The van der Waals surface area contributed by atoms with E-state index in [1.54, 1.807) is 7.11 Å². The van der Waals surface area contributed by atoms with Gasteiger partial charge in [0.05, 0.1) is 11.5 Å². The summed E-state index contributed by atoms with van der Waals surface area (Å²) in [7, 11) is 1.71. The quantitative estimate of drug-likeness (QED) is 0.562. The highest BCUT2D eigenvalue weighted by molar-refractivity contribution is 5.19. The topological polar surface area (TPSA) is 42.2 Å². The van der Waals surface area contributed by atoms with Crippen molar-refractivity contribution in [2.24, 2.45) is 5.41 Å². The standard InChI is InChI=1S/C9H13NO.C6H12O.C2H6/c1-8(2)9(7-10)3-5-11-6-4-9;1-3-4-5-6-7-2;1-2/h1,3-6H2,2H3;3-4H,5-6H2,1-2H3;1-2H3/b;4-3-;. The molecule has 0 aromatic rings. The van der Waals surface area contributed by atoms with Gasteiger partial charge in [0, 0.05) is 26.9 Å². The highest BCUT2D eigenvalue weighted by Gasteiger charge is 2.33. The van der Waals surface area contributed by atoms with Crippen LogP contribution in [0.4, 0.5) is 0 Å². The number of nitrogens with zero attached hydrogens (tertiary/aromatic N) is 1. The van der Waals surface area contributed by atoms with Crippen molar-refractivity contribution in [3.63, 3.8) is 0 Å². The Labute approximate surface area is 125 Å². The summed E-state index contributed by atoms with van der Waals surface area (Å²) in [4.78, 5) is 0. The molecule has 20 heavy (non-hydrogen) atoms. The number of ether oxygens (including phenoxy) is 2. The lowest BCUT2D eigenvalue weighted by molar-refractivity contribution is 0.0542. The van der Waals surface area contributed by atoms with Gasteiger partial charge < -0.3 is 9.47 Å². The molecule has 0 bridgehead atoms. The zero-order valence-electron chi connectivity index (χ0n) is 13.9. The van der Waals surface area contributed by atoms with Crippen LogP contribution in [0.5, 0.6) is 0 Å². The van der Waals surface area contributed by atoms with Gasteiger partial charge in [-0.2, -0.15) is 5.26 Å². The van der Waals surface area contributed by atoms with Crippen molar-refractivity contribution < 1.29 is 9.47 Å². The molecule has 116 valence electrons. The maximum atomic E-state index is 8.95. The summed E-state index contributed by atoms with van der Waals surface area (Å²) in [6.07, 6.45) is 6.76. The molecule has 0 atom stereocenters. The number of allylic oxidation sites excluding steroid dienone is 2. The number of methoxy groups -OCH3 is 1.